The number of methoxy groups -OCH3 is 1. The molecule has 1 unspecified atom stereocenters. The summed E-state index contributed by atoms with van der Waals surface area (Å²) in [5, 5.41) is 14.6. The van der Waals surface area contributed by atoms with Crippen molar-refractivity contribution in [2.45, 2.75) is 33.1 Å². The molecule has 0 radical (unpaired) electrons. The van der Waals surface area contributed by atoms with Crippen molar-refractivity contribution in [3.63, 3.8) is 0 Å². The third kappa shape index (κ3) is 8.51. The predicted octanol–water partition coefficient (Wildman–Crippen LogP) is 5.57. The number of nitrogens with zero attached hydrogens (tertiary/aromatic N) is 3. The fourth-order valence-corrected chi connectivity index (χ4v) is 5.47. The van der Waals surface area contributed by atoms with Crippen molar-refractivity contribution in [3.8, 4) is 0 Å². The average molecular weight is 611 g/mol. The zero-order valence-electron chi connectivity index (χ0n) is 26.2. The van der Waals surface area contributed by atoms with E-state index in [-0.39, 0.29) is 23.4 Å². The lowest BCUT2D eigenvalue weighted by Gasteiger charge is -2.30. The van der Waals surface area contributed by atoms with Gasteiger partial charge in [-0.05, 0) is 62.6 Å². The van der Waals surface area contributed by atoms with E-state index in [0.29, 0.717) is 30.0 Å². The summed E-state index contributed by atoms with van der Waals surface area (Å²) in [7, 11) is 3.20. The standard InChI is InChI=1S/C35H38N4O6/c1-23(18-26-11-13-27(14-12-26)19-28-8-7-15-36-21-28)22-38(4)16-17-45-35(41)32-25(3)37-24(2)31(34(40)44-5)33(32)29-9-6-10-30(20-29)39(42)43/h6-15,18,20-21,33,37H,16-17,19,22H2,1-5H3/b23-18+. The molecule has 4 rings (SSSR count). The number of likely N-dealkylation sites (N-methyl/N-ethyl adjacent to an activating group) is 1. The van der Waals surface area contributed by atoms with Gasteiger partial charge in [0.25, 0.3) is 5.69 Å². The number of ether oxygens (including phenoxy) is 2. The second-order valence-electron chi connectivity index (χ2n) is 11.1. The second-order valence-corrected chi connectivity index (χ2v) is 11.1. The molecule has 0 bridgehead atoms. The van der Waals surface area contributed by atoms with Gasteiger partial charge in [-0.1, -0.05) is 54.1 Å². The van der Waals surface area contributed by atoms with Crippen LogP contribution < -0.4 is 5.32 Å². The maximum Gasteiger partial charge on any atom is 0.336 e. The zero-order chi connectivity index (χ0) is 32.5. The Morgan fingerprint density at radius 1 is 1.02 bits per heavy atom. The lowest BCUT2D eigenvalue weighted by Crippen LogP contribution is -2.33. The van der Waals surface area contributed by atoms with Crippen molar-refractivity contribution in [3.05, 3.63) is 134 Å². The summed E-state index contributed by atoms with van der Waals surface area (Å²) in [6.45, 7) is 6.72. The highest BCUT2D eigenvalue weighted by Crippen LogP contribution is 2.40. The second kappa shape index (κ2) is 15.1. The number of aromatic nitrogens is 1. The number of nitro groups is 1. The lowest BCUT2D eigenvalue weighted by atomic mass is 9.80. The van der Waals surface area contributed by atoms with E-state index in [1.165, 1.54) is 36.4 Å². The number of nitrogens with one attached hydrogen (secondary N) is 1. The van der Waals surface area contributed by atoms with Gasteiger partial charge in [-0.3, -0.25) is 20.0 Å². The van der Waals surface area contributed by atoms with Crippen LogP contribution in [0.3, 0.4) is 0 Å². The molecule has 0 fully saturated rings. The topological polar surface area (TPSA) is 124 Å². The molecule has 0 saturated carbocycles. The number of carbonyl (C=O) groups is 2. The van der Waals surface area contributed by atoms with Gasteiger partial charge in [0.1, 0.15) is 6.61 Å². The van der Waals surface area contributed by atoms with E-state index in [1.807, 2.05) is 19.3 Å². The van der Waals surface area contributed by atoms with Gasteiger partial charge in [-0.2, -0.15) is 0 Å². The number of hydrogen-bond acceptors (Lipinski definition) is 9. The van der Waals surface area contributed by atoms with Crippen molar-refractivity contribution in [1.82, 2.24) is 15.2 Å². The number of benzene rings is 2. The fraction of sp³-hybridized carbons (Fsp3) is 0.286. The Morgan fingerprint density at radius 3 is 2.38 bits per heavy atom. The van der Waals surface area contributed by atoms with E-state index in [0.717, 1.165) is 17.6 Å². The van der Waals surface area contributed by atoms with Crippen LogP contribution in [-0.2, 0) is 25.5 Å². The number of pyridine rings is 1. The molecule has 1 aliphatic heterocycles. The smallest absolute Gasteiger partial charge is 0.336 e. The van der Waals surface area contributed by atoms with E-state index < -0.39 is 22.8 Å². The van der Waals surface area contributed by atoms with Crippen molar-refractivity contribution >= 4 is 23.7 Å². The Bertz CT molecular complexity index is 1640. The Balaban J connectivity index is 1.39. The van der Waals surface area contributed by atoms with E-state index in [2.05, 4.69) is 58.5 Å². The number of esters is 2. The molecule has 0 aliphatic carbocycles. The fourth-order valence-electron chi connectivity index (χ4n) is 5.47. The molecule has 1 atom stereocenters. The minimum Gasteiger partial charge on any atom is -0.466 e. The maximum atomic E-state index is 13.5. The highest BCUT2D eigenvalue weighted by Gasteiger charge is 2.38. The third-order valence-electron chi connectivity index (χ3n) is 7.55. The monoisotopic (exact) mass is 610 g/mol. The molecular formula is C35H38N4O6. The molecule has 2 heterocycles. The van der Waals surface area contributed by atoms with Crippen LogP contribution in [-0.4, -0.2) is 60.6 Å². The summed E-state index contributed by atoms with van der Waals surface area (Å²) in [4.78, 5) is 43.5. The summed E-state index contributed by atoms with van der Waals surface area (Å²) < 4.78 is 10.7. The number of carbonyl (C=O) groups excluding carboxylic acids is 2. The Hall–Kier alpha value is -5.09. The molecule has 45 heavy (non-hydrogen) atoms. The molecule has 234 valence electrons. The molecule has 0 saturated heterocycles. The number of hydrogen-bond donors (Lipinski definition) is 1. The summed E-state index contributed by atoms with van der Waals surface area (Å²) in [5.41, 5.74) is 6.29. The minimum atomic E-state index is -0.898. The molecular weight excluding hydrogens is 572 g/mol. The van der Waals surface area contributed by atoms with Crippen molar-refractivity contribution < 1.29 is 24.0 Å². The molecule has 1 N–H and O–H groups in total. The zero-order valence-corrected chi connectivity index (χ0v) is 26.2. The molecule has 0 amide bonds. The lowest BCUT2D eigenvalue weighted by molar-refractivity contribution is -0.384. The van der Waals surface area contributed by atoms with Gasteiger partial charge in [0.15, 0.2) is 0 Å². The van der Waals surface area contributed by atoms with Crippen LogP contribution in [0.5, 0.6) is 0 Å². The Kier molecular flexibility index (Phi) is 11.0. The highest BCUT2D eigenvalue weighted by atomic mass is 16.6. The number of non-ortho nitro benzene ring substituents is 1. The van der Waals surface area contributed by atoms with Crippen molar-refractivity contribution in [1.29, 1.82) is 0 Å². The van der Waals surface area contributed by atoms with Crippen LogP contribution in [0.15, 0.2) is 101 Å². The first-order chi connectivity index (χ1) is 21.6. The highest BCUT2D eigenvalue weighted by molar-refractivity contribution is 5.99. The normalized spacial score (nSPS) is 15.2. The Morgan fingerprint density at radius 2 is 1.73 bits per heavy atom. The SMILES string of the molecule is COC(=O)C1=C(C)NC(C)=C(C(=O)OCCN(C)C/C(C)=C/c2ccc(Cc3cccnc3)cc2)C1c1cccc([N+](=O)[O-])c1. The van der Waals surface area contributed by atoms with Gasteiger partial charge in [0.2, 0.25) is 0 Å². The van der Waals surface area contributed by atoms with E-state index in [1.54, 1.807) is 26.1 Å². The van der Waals surface area contributed by atoms with Crippen LogP contribution >= 0.6 is 0 Å². The van der Waals surface area contributed by atoms with Crippen LogP contribution in [0.2, 0.25) is 0 Å². The van der Waals surface area contributed by atoms with Gasteiger partial charge in [-0.15, -0.1) is 0 Å². The van der Waals surface area contributed by atoms with Crippen LogP contribution in [0.1, 0.15) is 48.9 Å². The first-order valence-electron chi connectivity index (χ1n) is 14.6. The predicted molar refractivity (Wildman–Crippen MR) is 172 cm³/mol. The largest absolute Gasteiger partial charge is 0.466 e. The minimum absolute atomic E-state index is 0.111. The number of rotatable bonds is 12. The van der Waals surface area contributed by atoms with Gasteiger partial charge < -0.3 is 14.8 Å². The number of dihydropyridines is 1. The third-order valence-corrected chi connectivity index (χ3v) is 7.55. The van der Waals surface area contributed by atoms with Crippen LogP contribution in [0.4, 0.5) is 5.69 Å². The molecule has 2 aromatic carbocycles. The molecule has 0 spiro atoms. The maximum absolute atomic E-state index is 13.5. The summed E-state index contributed by atoms with van der Waals surface area (Å²) in [5.74, 6) is -2.15. The summed E-state index contributed by atoms with van der Waals surface area (Å²) >= 11 is 0. The van der Waals surface area contributed by atoms with Gasteiger partial charge in [0, 0.05) is 49.0 Å². The van der Waals surface area contributed by atoms with Gasteiger partial charge >= 0.3 is 11.9 Å². The van der Waals surface area contributed by atoms with E-state index in [9.17, 15) is 19.7 Å². The number of allylic oxidation sites excluding steroid dienone is 2. The molecule has 3 aromatic rings. The van der Waals surface area contributed by atoms with Crippen LogP contribution in [0.25, 0.3) is 6.08 Å². The number of nitro benzene ring substituents is 1. The summed E-state index contributed by atoms with van der Waals surface area (Å²) in [6.07, 6.45) is 6.61. The quantitative estimate of drug-likeness (QED) is 0.159. The molecule has 1 aliphatic rings. The van der Waals surface area contributed by atoms with E-state index in [4.69, 9.17) is 9.47 Å². The van der Waals surface area contributed by atoms with Crippen LogP contribution in [0, 0.1) is 10.1 Å². The van der Waals surface area contributed by atoms with Gasteiger partial charge in [0.05, 0.1) is 29.1 Å². The average Bonchev–Trinajstić information content (AvgIpc) is 3.01. The van der Waals surface area contributed by atoms with Crippen molar-refractivity contribution in [2.75, 3.05) is 33.9 Å². The van der Waals surface area contributed by atoms with Gasteiger partial charge in [-0.25, -0.2) is 9.59 Å². The molecule has 1 aromatic heterocycles. The van der Waals surface area contributed by atoms with Crippen molar-refractivity contribution in [2.24, 2.45) is 0 Å². The van der Waals surface area contributed by atoms with E-state index >= 15 is 0 Å². The Labute approximate surface area is 263 Å². The molecule has 10 nitrogen and oxygen atoms in total. The first-order valence-corrected chi connectivity index (χ1v) is 14.6. The molecule has 10 heteroatoms. The summed E-state index contributed by atoms with van der Waals surface area (Å²) in [6, 6.07) is 18.3. The first kappa shape index (κ1) is 32.8.